The van der Waals surface area contributed by atoms with E-state index in [2.05, 4.69) is 66.4 Å². The van der Waals surface area contributed by atoms with E-state index in [-0.39, 0.29) is 11.4 Å². The molecule has 0 atom stereocenters. The minimum atomic E-state index is -0.188. The van der Waals surface area contributed by atoms with E-state index in [0.29, 0.717) is 13.2 Å². The van der Waals surface area contributed by atoms with Gasteiger partial charge in [-0.2, -0.15) is 0 Å². The topological polar surface area (TPSA) is 50.4 Å². The summed E-state index contributed by atoms with van der Waals surface area (Å²) in [6.07, 6.45) is 1.61. The van der Waals surface area contributed by atoms with Crippen LogP contribution in [0.25, 0.3) is 0 Å². The Balaban J connectivity index is 1.73. The highest BCUT2D eigenvalue weighted by molar-refractivity contribution is 9.10. The fraction of sp³-hybridized carbons (Fsp3) is 0.409. The van der Waals surface area contributed by atoms with Gasteiger partial charge >= 0.3 is 6.03 Å². The summed E-state index contributed by atoms with van der Waals surface area (Å²) in [6, 6.07) is 13.8. The largest absolute Gasteiger partial charge is 0.492 e. The van der Waals surface area contributed by atoms with Gasteiger partial charge in [0.25, 0.3) is 0 Å². The molecule has 0 bridgehead atoms. The Bertz CT molecular complexity index is 769. The van der Waals surface area contributed by atoms with Gasteiger partial charge in [0.2, 0.25) is 0 Å². The van der Waals surface area contributed by atoms with Crippen molar-refractivity contribution in [2.45, 2.75) is 46.0 Å². The summed E-state index contributed by atoms with van der Waals surface area (Å²) in [7, 11) is 0. The predicted molar refractivity (Wildman–Crippen MR) is 116 cm³/mol. The summed E-state index contributed by atoms with van der Waals surface area (Å²) in [6.45, 7) is 9.72. The molecule has 0 aromatic heterocycles. The van der Waals surface area contributed by atoms with Crippen LogP contribution < -0.4 is 15.4 Å². The molecule has 27 heavy (non-hydrogen) atoms. The van der Waals surface area contributed by atoms with Crippen molar-refractivity contribution in [2.75, 3.05) is 18.5 Å². The SMILES string of the molecule is CCc1ccccc1NC(=O)NCCCOc1ccc(C(C)(C)C)cc1Br. The third-order valence-electron chi connectivity index (χ3n) is 4.31. The fourth-order valence-corrected chi connectivity index (χ4v) is 3.15. The van der Waals surface area contributed by atoms with E-state index < -0.39 is 0 Å². The average molecular weight is 433 g/mol. The second kappa shape index (κ2) is 9.79. The fourth-order valence-electron chi connectivity index (χ4n) is 2.66. The van der Waals surface area contributed by atoms with Gasteiger partial charge in [0.15, 0.2) is 0 Å². The standard InChI is InChI=1S/C22H29BrN2O2/c1-5-16-9-6-7-10-19(16)25-21(26)24-13-8-14-27-20-12-11-17(15-18(20)23)22(2,3)4/h6-7,9-12,15H,5,8,13-14H2,1-4H3,(H2,24,25,26). The van der Waals surface area contributed by atoms with Crippen molar-refractivity contribution in [2.24, 2.45) is 0 Å². The normalized spacial score (nSPS) is 11.1. The van der Waals surface area contributed by atoms with Gasteiger partial charge in [0, 0.05) is 12.2 Å². The highest BCUT2D eigenvalue weighted by atomic mass is 79.9. The summed E-state index contributed by atoms with van der Waals surface area (Å²) in [5, 5.41) is 5.77. The molecule has 2 aromatic rings. The molecule has 0 aliphatic heterocycles. The first-order valence-corrected chi connectivity index (χ1v) is 10.2. The van der Waals surface area contributed by atoms with Gasteiger partial charge in [0.05, 0.1) is 11.1 Å². The van der Waals surface area contributed by atoms with Crippen LogP contribution in [-0.4, -0.2) is 19.2 Å². The maximum absolute atomic E-state index is 12.0. The lowest BCUT2D eigenvalue weighted by Crippen LogP contribution is -2.30. The van der Waals surface area contributed by atoms with Gasteiger partial charge in [-0.1, -0.05) is 52.0 Å². The second-order valence-corrected chi connectivity index (χ2v) is 8.34. The minimum absolute atomic E-state index is 0.106. The van der Waals surface area contributed by atoms with E-state index >= 15 is 0 Å². The van der Waals surface area contributed by atoms with Gasteiger partial charge < -0.3 is 15.4 Å². The number of halogens is 1. The summed E-state index contributed by atoms with van der Waals surface area (Å²) >= 11 is 3.58. The summed E-state index contributed by atoms with van der Waals surface area (Å²) in [5.74, 6) is 0.823. The zero-order valence-corrected chi connectivity index (χ0v) is 18.2. The number of ether oxygens (including phenoxy) is 1. The molecular formula is C22H29BrN2O2. The molecule has 0 radical (unpaired) electrons. The third kappa shape index (κ3) is 6.58. The van der Waals surface area contributed by atoms with E-state index in [1.807, 2.05) is 30.3 Å². The van der Waals surface area contributed by atoms with Crippen LogP contribution in [0.5, 0.6) is 5.75 Å². The molecule has 0 aliphatic carbocycles. The second-order valence-electron chi connectivity index (χ2n) is 7.49. The van der Waals surface area contributed by atoms with E-state index in [0.717, 1.165) is 34.3 Å². The monoisotopic (exact) mass is 432 g/mol. The van der Waals surface area contributed by atoms with Crippen LogP contribution >= 0.6 is 15.9 Å². The maximum Gasteiger partial charge on any atom is 0.319 e. The highest BCUT2D eigenvalue weighted by Crippen LogP contribution is 2.31. The van der Waals surface area contributed by atoms with Crippen LogP contribution in [0.3, 0.4) is 0 Å². The first-order chi connectivity index (χ1) is 12.8. The van der Waals surface area contributed by atoms with Crippen molar-refractivity contribution in [1.29, 1.82) is 0 Å². The molecule has 0 aliphatic rings. The molecule has 146 valence electrons. The maximum atomic E-state index is 12.0. The molecule has 2 N–H and O–H groups in total. The average Bonchev–Trinajstić information content (AvgIpc) is 2.62. The Hall–Kier alpha value is -2.01. The number of carbonyl (C=O) groups excluding carboxylic acids is 1. The number of urea groups is 1. The van der Waals surface area contributed by atoms with Crippen molar-refractivity contribution in [3.63, 3.8) is 0 Å². The summed E-state index contributed by atoms with van der Waals surface area (Å²) in [5.41, 5.74) is 3.35. The number of benzene rings is 2. The van der Waals surface area contributed by atoms with Crippen molar-refractivity contribution in [1.82, 2.24) is 5.32 Å². The Morgan fingerprint density at radius 3 is 2.56 bits per heavy atom. The number of anilines is 1. The molecule has 2 aromatic carbocycles. The quantitative estimate of drug-likeness (QED) is 0.534. The molecule has 0 saturated heterocycles. The number of para-hydroxylation sites is 1. The first-order valence-electron chi connectivity index (χ1n) is 9.37. The van der Waals surface area contributed by atoms with Crippen LogP contribution in [-0.2, 0) is 11.8 Å². The summed E-state index contributed by atoms with van der Waals surface area (Å²) in [4.78, 5) is 12.0. The van der Waals surface area contributed by atoms with Gasteiger partial charge in [0.1, 0.15) is 5.75 Å². The lowest BCUT2D eigenvalue weighted by atomic mass is 9.87. The van der Waals surface area contributed by atoms with Crippen LogP contribution in [0.15, 0.2) is 46.9 Å². The van der Waals surface area contributed by atoms with E-state index in [4.69, 9.17) is 4.74 Å². The molecule has 2 rings (SSSR count). The number of nitrogens with one attached hydrogen (secondary N) is 2. The number of hydrogen-bond acceptors (Lipinski definition) is 2. The van der Waals surface area contributed by atoms with Crippen LogP contribution in [0.4, 0.5) is 10.5 Å². The zero-order valence-electron chi connectivity index (χ0n) is 16.6. The molecule has 4 nitrogen and oxygen atoms in total. The van der Waals surface area contributed by atoms with Crippen LogP contribution in [0.1, 0.15) is 45.2 Å². The van der Waals surface area contributed by atoms with Crippen molar-refractivity contribution in [3.05, 3.63) is 58.1 Å². The number of amides is 2. The highest BCUT2D eigenvalue weighted by Gasteiger charge is 2.15. The number of rotatable bonds is 7. The van der Waals surface area contributed by atoms with Crippen LogP contribution in [0.2, 0.25) is 0 Å². The molecule has 0 heterocycles. The minimum Gasteiger partial charge on any atom is -0.492 e. The summed E-state index contributed by atoms with van der Waals surface area (Å²) < 4.78 is 6.78. The van der Waals surface area contributed by atoms with Gasteiger partial charge in [-0.05, 0) is 63.5 Å². The Morgan fingerprint density at radius 1 is 1.15 bits per heavy atom. The zero-order chi connectivity index (χ0) is 19.9. The van der Waals surface area contributed by atoms with Gasteiger partial charge in [-0.15, -0.1) is 0 Å². The number of carbonyl (C=O) groups is 1. The molecule has 5 heteroatoms. The van der Waals surface area contributed by atoms with Crippen molar-refractivity contribution >= 4 is 27.6 Å². The smallest absolute Gasteiger partial charge is 0.319 e. The van der Waals surface area contributed by atoms with Gasteiger partial charge in [-0.25, -0.2) is 4.79 Å². The molecule has 0 fully saturated rings. The van der Waals surface area contributed by atoms with E-state index in [9.17, 15) is 4.79 Å². The molecule has 0 spiro atoms. The van der Waals surface area contributed by atoms with E-state index in [1.54, 1.807) is 0 Å². The van der Waals surface area contributed by atoms with Gasteiger partial charge in [-0.3, -0.25) is 0 Å². The lowest BCUT2D eigenvalue weighted by molar-refractivity contribution is 0.250. The number of aryl methyl sites for hydroxylation is 1. The Kier molecular flexibility index (Phi) is 7.72. The lowest BCUT2D eigenvalue weighted by Gasteiger charge is -2.20. The molecule has 0 saturated carbocycles. The van der Waals surface area contributed by atoms with Crippen molar-refractivity contribution in [3.8, 4) is 5.75 Å². The Morgan fingerprint density at radius 2 is 1.89 bits per heavy atom. The van der Waals surface area contributed by atoms with Crippen LogP contribution in [0, 0.1) is 0 Å². The number of hydrogen-bond donors (Lipinski definition) is 2. The third-order valence-corrected chi connectivity index (χ3v) is 4.93. The Labute approximate surface area is 170 Å². The van der Waals surface area contributed by atoms with Crippen molar-refractivity contribution < 1.29 is 9.53 Å². The predicted octanol–water partition coefficient (Wildman–Crippen LogP) is 5.90. The van der Waals surface area contributed by atoms with E-state index in [1.165, 1.54) is 5.56 Å². The molecule has 2 amide bonds. The first kappa shape index (κ1) is 21.3. The molecule has 0 unspecified atom stereocenters. The molecular weight excluding hydrogens is 404 g/mol.